The molecule has 1 heterocycles. The fourth-order valence-corrected chi connectivity index (χ4v) is 2.57. The van der Waals surface area contributed by atoms with Gasteiger partial charge in [0.2, 0.25) is 0 Å². The maximum absolute atomic E-state index is 12.6. The molecule has 2 amide bonds. The van der Waals surface area contributed by atoms with Gasteiger partial charge in [-0.15, -0.1) is 0 Å². The van der Waals surface area contributed by atoms with E-state index < -0.39 is 16.7 Å². The van der Waals surface area contributed by atoms with E-state index in [2.05, 4.69) is 20.8 Å². The summed E-state index contributed by atoms with van der Waals surface area (Å²) in [6, 6.07) is 15.2. The maximum Gasteiger partial charge on any atom is 0.273 e. The number of carbonyl (C=O) groups excluding carboxylic acids is 2. The second-order valence-corrected chi connectivity index (χ2v) is 6.18. The number of hydrogen-bond acceptors (Lipinski definition) is 6. The molecule has 2 aromatic carbocycles. The molecule has 3 aromatic rings. The highest BCUT2D eigenvalue weighted by Crippen LogP contribution is 2.18. The molecule has 0 aliphatic carbocycles. The number of hydrazone groups is 1. The van der Waals surface area contributed by atoms with Crippen LogP contribution in [0.5, 0.6) is 0 Å². The Kier molecular flexibility index (Phi) is 6.23. The summed E-state index contributed by atoms with van der Waals surface area (Å²) in [6.07, 6.45) is 3.25. The fourth-order valence-electron chi connectivity index (χ4n) is 2.57. The number of para-hydroxylation sites is 1. The van der Waals surface area contributed by atoms with Crippen molar-refractivity contribution in [2.24, 2.45) is 5.10 Å². The number of nitro benzene ring substituents is 1. The molecule has 2 N–H and O–H groups in total. The highest BCUT2D eigenvalue weighted by molar-refractivity contribution is 6.09. The first-order chi connectivity index (χ1) is 14.5. The van der Waals surface area contributed by atoms with Crippen molar-refractivity contribution in [3.05, 3.63) is 99.9 Å². The standard InChI is InChI=1S/C21H17N5O4/c1-14(15-10-12-22-13-11-15)24-25-21(28)18-4-2-3-5-19(18)23-20(27)16-6-8-17(9-7-16)26(29)30/h2-13H,1H3,(H,23,27)(H,25,28)/b24-14-. The number of non-ortho nitro benzene ring substituents is 1. The van der Waals surface area contributed by atoms with Crippen molar-refractivity contribution < 1.29 is 14.5 Å². The van der Waals surface area contributed by atoms with Gasteiger partial charge >= 0.3 is 0 Å². The van der Waals surface area contributed by atoms with Crippen LogP contribution in [0.15, 0.2) is 78.2 Å². The molecule has 0 saturated heterocycles. The van der Waals surface area contributed by atoms with E-state index in [0.29, 0.717) is 5.71 Å². The number of pyridine rings is 1. The normalized spacial score (nSPS) is 10.9. The van der Waals surface area contributed by atoms with E-state index >= 15 is 0 Å². The quantitative estimate of drug-likeness (QED) is 0.370. The number of amides is 2. The Bertz CT molecular complexity index is 1110. The van der Waals surface area contributed by atoms with Gasteiger partial charge in [0.05, 0.1) is 21.9 Å². The number of anilines is 1. The minimum absolute atomic E-state index is 0.117. The van der Waals surface area contributed by atoms with Gasteiger partial charge in [0.1, 0.15) is 0 Å². The van der Waals surface area contributed by atoms with Crippen molar-refractivity contribution in [3.63, 3.8) is 0 Å². The molecular weight excluding hydrogens is 386 g/mol. The van der Waals surface area contributed by atoms with Crippen molar-refractivity contribution in [2.75, 3.05) is 5.32 Å². The van der Waals surface area contributed by atoms with Gasteiger partial charge in [0, 0.05) is 35.7 Å². The number of aromatic nitrogens is 1. The lowest BCUT2D eigenvalue weighted by molar-refractivity contribution is -0.384. The van der Waals surface area contributed by atoms with Gasteiger partial charge in [-0.2, -0.15) is 5.10 Å². The number of carbonyl (C=O) groups is 2. The van der Waals surface area contributed by atoms with Gasteiger partial charge < -0.3 is 5.32 Å². The predicted molar refractivity (Wildman–Crippen MR) is 111 cm³/mol. The Morgan fingerprint density at radius 2 is 1.60 bits per heavy atom. The molecule has 0 aliphatic rings. The zero-order valence-electron chi connectivity index (χ0n) is 15.9. The molecule has 0 atom stereocenters. The van der Waals surface area contributed by atoms with Crippen LogP contribution >= 0.6 is 0 Å². The molecule has 30 heavy (non-hydrogen) atoms. The van der Waals surface area contributed by atoms with Gasteiger partial charge in [-0.3, -0.25) is 24.7 Å². The van der Waals surface area contributed by atoms with Crippen LogP contribution in [-0.4, -0.2) is 27.4 Å². The average molecular weight is 403 g/mol. The van der Waals surface area contributed by atoms with E-state index in [4.69, 9.17) is 0 Å². The smallest absolute Gasteiger partial charge is 0.273 e. The van der Waals surface area contributed by atoms with Crippen molar-refractivity contribution in [1.82, 2.24) is 10.4 Å². The minimum Gasteiger partial charge on any atom is -0.321 e. The lowest BCUT2D eigenvalue weighted by atomic mass is 10.1. The van der Waals surface area contributed by atoms with Crippen LogP contribution < -0.4 is 10.7 Å². The van der Waals surface area contributed by atoms with E-state index in [-0.39, 0.29) is 22.5 Å². The summed E-state index contributed by atoms with van der Waals surface area (Å²) in [5, 5.41) is 17.5. The van der Waals surface area contributed by atoms with E-state index in [0.717, 1.165) is 5.56 Å². The van der Waals surface area contributed by atoms with Crippen LogP contribution in [0.2, 0.25) is 0 Å². The first-order valence-electron chi connectivity index (χ1n) is 8.85. The van der Waals surface area contributed by atoms with Crippen LogP contribution in [0.3, 0.4) is 0 Å². The fraction of sp³-hybridized carbons (Fsp3) is 0.0476. The van der Waals surface area contributed by atoms with Gasteiger partial charge in [0.15, 0.2) is 0 Å². The topological polar surface area (TPSA) is 127 Å². The SMILES string of the molecule is C/C(=N/NC(=O)c1ccccc1NC(=O)c1ccc([N+](=O)[O-])cc1)c1ccncc1. The number of nitrogens with one attached hydrogen (secondary N) is 2. The molecule has 0 aliphatic heterocycles. The molecule has 9 heteroatoms. The Hall–Kier alpha value is -4.40. The van der Waals surface area contributed by atoms with Gasteiger partial charge in [-0.05, 0) is 43.3 Å². The summed E-state index contributed by atoms with van der Waals surface area (Å²) in [5.41, 5.74) is 4.49. The molecule has 1 aromatic heterocycles. The number of nitrogens with zero attached hydrogens (tertiary/aromatic N) is 3. The number of hydrogen-bond donors (Lipinski definition) is 2. The van der Waals surface area contributed by atoms with Crippen LogP contribution in [0.4, 0.5) is 11.4 Å². The predicted octanol–water partition coefficient (Wildman–Crippen LogP) is 3.40. The summed E-state index contributed by atoms with van der Waals surface area (Å²) in [7, 11) is 0. The van der Waals surface area contributed by atoms with Crippen molar-refractivity contribution in [3.8, 4) is 0 Å². The van der Waals surface area contributed by atoms with Crippen LogP contribution in [-0.2, 0) is 0 Å². The average Bonchev–Trinajstić information content (AvgIpc) is 2.78. The lowest BCUT2D eigenvalue weighted by Gasteiger charge is -2.10. The molecule has 9 nitrogen and oxygen atoms in total. The summed E-state index contributed by atoms with van der Waals surface area (Å²) < 4.78 is 0. The molecule has 0 spiro atoms. The first kappa shape index (κ1) is 20.3. The Morgan fingerprint density at radius 3 is 2.27 bits per heavy atom. The zero-order valence-corrected chi connectivity index (χ0v) is 15.9. The van der Waals surface area contributed by atoms with Crippen molar-refractivity contribution >= 4 is 28.9 Å². The largest absolute Gasteiger partial charge is 0.321 e. The lowest BCUT2D eigenvalue weighted by Crippen LogP contribution is -2.22. The molecule has 0 fully saturated rings. The van der Waals surface area contributed by atoms with E-state index in [1.54, 1.807) is 55.7 Å². The van der Waals surface area contributed by atoms with Crippen LogP contribution in [0.1, 0.15) is 33.2 Å². The van der Waals surface area contributed by atoms with Gasteiger partial charge in [-0.1, -0.05) is 12.1 Å². The molecule has 0 radical (unpaired) electrons. The van der Waals surface area contributed by atoms with Crippen molar-refractivity contribution in [1.29, 1.82) is 0 Å². The highest BCUT2D eigenvalue weighted by Gasteiger charge is 2.15. The summed E-state index contributed by atoms with van der Waals surface area (Å²) in [6.45, 7) is 1.75. The van der Waals surface area contributed by atoms with Gasteiger partial charge in [0.25, 0.3) is 17.5 Å². The molecule has 3 rings (SSSR count). The third kappa shape index (κ3) is 4.90. The van der Waals surface area contributed by atoms with Gasteiger partial charge in [-0.25, -0.2) is 5.43 Å². The Balaban J connectivity index is 1.74. The second-order valence-electron chi connectivity index (χ2n) is 6.18. The highest BCUT2D eigenvalue weighted by atomic mass is 16.6. The third-order valence-electron chi connectivity index (χ3n) is 4.18. The van der Waals surface area contributed by atoms with Crippen molar-refractivity contribution in [2.45, 2.75) is 6.92 Å². The molecule has 150 valence electrons. The number of benzene rings is 2. The molecule has 0 bridgehead atoms. The molecular formula is C21H17N5O4. The minimum atomic E-state index is -0.546. The Labute approximate surface area is 171 Å². The maximum atomic E-state index is 12.6. The van der Waals surface area contributed by atoms with E-state index in [9.17, 15) is 19.7 Å². The molecule has 0 saturated carbocycles. The second kappa shape index (κ2) is 9.20. The monoisotopic (exact) mass is 403 g/mol. The Morgan fingerprint density at radius 1 is 0.933 bits per heavy atom. The number of rotatable bonds is 6. The summed E-state index contributed by atoms with van der Waals surface area (Å²) >= 11 is 0. The zero-order chi connectivity index (χ0) is 21.5. The number of nitro groups is 1. The molecule has 0 unspecified atom stereocenters. The van der Waals surface area contributed by atoms with E-state index in [1.807, 2.05) is 0 Å². The van der Waals surface area contributed by atoms with E-state index in [1.165, 1.54) is 24.3 Å². The van der Waals surface area contributed by atoms with Crippen LogP contribution in [0, 0.1) is 10.1 Å². The first-order valence-corrected chi connectivity index (χ1v) is 8.85. The summed E-state index contributed by atoms with van der Waals surface area (Å²) in [4.78, 5) is 39.2. The van der Waals surface area contributed by atoms with Crippen LogP contribution in [0.25, 0.3) is 0 Å². The third-order valence-corrected chi connectivity index (χ3v) is 4.18. The summed E-state index contributed by atoms with van der Waals surface area (Å²) in [5.74, 6) is -0.996.